The number of benzene rings is 2. The van der Waals surface area contributed by atoms with E-state index in [1.165, 1.54) is 4.68 Å². The third-order valence-corrected chi connectivity index (χ3v) is 5.96. The van der Waals surface area contributed by atoms with Gasteiger partial charge in [0.25, 0.3) is 0 Å². The number of carbonyl (C=O) groups is 1. The molecule has 0 radical (unpaired) electrons. The minimum absolute atomic E-state index is 0.0373. The van der Waals surface area contributed by atoms with Crippen LogP contribution in [-0.4, -0.2) is 52.5 Å². The lowest BCUT2D eigenvalue weighted by atomic mass is 9.95. The molecule has 0 bridgehead atoms. The fraction of sp³-hybridized carbons (Fsp3) is 0.320. The Morgan fingerprint density at radius 1 is 1.03 bits per heavy atom. The minimum Gasteiger partial charge on any atom is -0.493 e. The maximum Gasteiger partial charge on any atom is 0.350 e. The maximum atomic E-state index is 12.7. The van der Waals surface area contributed by atoms with Crippen LogP contribution in [0.25, 0.3) is 11.8 Å². The predicted molar refractivity (Wildman–Crippen MR) is 126 cm³/mol. The van der Waals surface area contributed by atoms with Crippen LogP contribution < -0.4 is 15.2 Å². The molecule has 1 saturated heterocycles. The van der Waals surface area contributed by atoms with Gasteiger partial charge in [-0.05, 0) is 48.7 Å². The summed E-state index contributed by atoms with van der Waals surface area (Å²) in [6.45, 7) is 1.22. The summed E-state index contributed by atoms with van der Waals surface area (Å²) in [5, 5.41) is 4.51. The van der Waals surface area contributed by atoms with Gasteiger partial charge in [-0.25, -0.2) is 14.0 Å². The van der Waals surface area contributed by atoms with Gasteiger partial charge >= 0.3 is 5.69 Å². The molecule has 8 heteroatoms. The molecular formula is C25H28N4O4. The topological polar surface area (TPSA) is 78.6 Å². The Bertz CT molecular complexity index is 1200. The first-order chi connectivity index (χ1) is 16.0. The fourth-order valence-electron chi connectivity index (χ4n) is 4.16. The van der Waals surface area contributed by atoms with E-state index in [4.69, 9.17) is 9.47 Å². The van der Waals surface area contributed by atoms with Crippen molar-refractivity contribution in [3.8, 4) is 17.2 Å². The normalized spacial score (nSPS) is 14.6. The second kappa shape index (κ2) is 9.77. The number of carbonyl (C=O) groups excluding carboxylic acids is 1. The molecule has 1 aliphatic heterocycles. The SMILES string of the molecule is COc1ccc(/C=C/C(=O)N2CCC(c3nn(C)c(=O)n3-c3ccccc3)CC2)cc1OC. The summed E-state index contributed by atoms with van der Waals surface area (Å²) in [4.78, 5) is 27.3. The van der Waals surface area contributed by atoms with E-state index >= 15 is 0 Å². The first-order valence-corrected chi connectivity index (χ1v) is 10.9. The van der Waals surface area contributed by atoms with Crippen molar-refractivity contribution >= 4 is 12.0 Å². The van der Waals surface area contributed by atoms with Crippen molar-refractivity contribution in [2.45, 2.75) is 18.8 Å². The minimum atomic E-state index is -0.160. The van der Waals surface area contributed by atoms with Crippen molar-refractivity contribution in [2.75, 3.05) is 27.3 Å². The molecule has 0 atom stereocenters. The van der Waals surface area contributed by atoms with Crippen molar-refractivity contribution in [2.24, 2.45) is 7.05 Å². The summed E-state index contributed by atoms with van der Waals surface area (Å²) < 4.78 is 13.6. The molecule has 0 N–H and O–H groups in total. The highest BCUT2D eigenvalue weighted by atomic mass is 16.5. The van der Waals surface area contributed by atoms with Crippen LogP contribution in [0.1, 0.15) is 30.1 Å². The van der Waals surface area contributed by atoms with Crippen LogP contribution in [0.4, 0.5) is 0 Å². The Morgan fingerprint density at radius 3 is 2.39 bits per heavy atom. The quantitative estimate of drug-likeness (QED) is 0.542. The number of hydrogen-bond acceptors (Lipinski definition) is 5. The Labute approximate surface area is 192 Å². The number of likely N-dealkylation sites (tertiary alicyclic amines) is 1. The Hall–Kier alpha value is -3.81. The number of amides is 1. The van der Waals surface area contributed by atoms with E-state index in [0.29, 0.717) is 24.6 Å². The van der Waals surface area contributed by atoms with E-state index in [1.54, 1.807) is 38.0 Å². The Kier molecular flexibility index (Phi) is 6.63. The largest absolute Gasteiger partial charge is 0.493 e. The standard InChI is InChI=1S/C25H28N4O4/c1-27-25(31)29(20-7-5-4-6-8-20)24(26-27)19-13-15-28(16-14-19)23(30)12-10-18-9-11-21(32-2)22(17-18)33-3/h4-12,17,19H,13-16H2,1-3H3/b12-10+. The Morgan fingerprint density at radius 2 is 1.73 bits per heavy atom. The highest BCUT2D eigenvalue weighted by Gasteiger charge is 2.28. The summed E-state index contributed by atoms with van der Waals surface area (Å²) in [6, 6.07) is 15.1. The molecule has 0 spiro atoms. The molecule has 0 saturated carbocycles. The van der Waals surface area contributed by atoms with E-state index in [2.05, 4.69) is 5.10 Å². The smallest absolute Gasteiger partial charge is 0.350 e. The predicted octanol–water partition coefficient (Wildman–Crippen LogP) is 3.01. The zero-order valence-electron chi connectivity index (χ0n) is 19.1. The van der Waals surface area contributed by atoms with E-state index in [0.717, 1.165) is 29.9 Å². The van der Waals surface area contributed by atoms with Crippen molar-refractivity contribution in [1.82, 2.24) is 19.2 Å². The molecule has 1 aliphatic rings. The van der Waals surface area contributed by atoms with Crippen LogP contribution in [0, 0.1) is 0 Å². The molecule has 1 amide bonds. The van der Waals surface area contributed by atoms with Crippen molar-refractivity contribution < 1.29 is 14.3 Å². The zero-order chi connectivity index (χ0) is 23.4. The lowest BCUT2D eigenvalue weighted by molar-refractivity contribution is -0.127. The number of aromatic nitrogens is 3. The van der Waals surface area contributed by atoms with E-state index in [1.807, 2.05) is 53.4 Å². The zero-order valence-corrected chi connectivity index (χ0v) is 19.1. The van der Waals surface area contributed by atoms with Gasteiger partial charge in [-0.1, -0.05) is 24.3 Å². The van der Waals surface area contributed by atoms with Gasteiger partial charge in [-0.3, -0.25) is 4.79 Å². The number of methoxy groups -OCH3 is 2. The highest BCUT2D eigenvalue weighted by molar-refractivity contribution is 5.92. The molecule has 2 aromatic carbocycles. The second-order valence-electron chi connectivity index (χ2n) is 7.98. The number of aryl methyl sites for hydroxylation is 1. The van der Waals surface area contributed by atoms with E-state index in [-0.39, 0.29) is 17.5 Å². The highest BCUT2D eigenvalue weighted by Crippen LogP contribution is 2.29. The van der Waals surface area contributed by atoms with Crippen LogP contribution in [0.3, 0.4) is 0 Å². The average Bonchev–Trinajstić information content (AvgIpc) is 3.16. The van der Waals surface area contributed by atoms with E-state index < -0.39 is 0 Å². The average molecular weight is 449 g/mol. The second-order valence-corrected chi connectivity index (χ2v) is 7.98. The lowest BCUT2D eigenvalue weighted by Gasteiger charge is -2.31. The number of rotatable bonds is 6. The number of nitrogens with zero attached hydrogens (tertiary/aromatic N) is 4. The summed E-state index contributed by atoms with van der Waals surface area (Å²) in [5.74, 6) is 2.09. The van der Waals surface area contributed by atoms with Crippen molar-refractivity contribution in [1.29, 1.82) is 0 Å². The van der Waals surface area contributed by atoms with Crippen LogP contribution in [0.15, 0.2) is 59.4 Å². The fourth-order valence-corrected chi connectivity index (χ4v) is 4.16. The van der Waals surface area contributed by atoms with Gasteiger partial charge in [0.1, 0.15) is 5.82 Å². The third kappa shape index (κ3) is 4.69. The third-order valence-electron chi connectivity index (χ3n) is 5.96. The van der Waals surface area contributed by atoms with E-state index in [9.17, 15) is 9.59 Å². The van der Waals surface area contributed by atoms with Gasteiger partial charge < -0.3 is 14.4 Å². The van der Waals surface area contributed by atoms with Gasteiger partial charge in [-0.2, -0.15) is 5.10 Å². The molecular weight excluding hydrogens is 420 g/mol. The summed E-state index contributed by atoms with van der Waals surface area (Å²) in [7, 11) is 4.84. The summed E-state index contributed by atoms with van der Waals surface area (Å²) in [5.41, 5.74) is 1.51. The molecule has 4 rings (SSSR count). The van der Waals surface area contributed by atoms with Gasteiger partial charge in [0.2, 0.25) is 5.91 Å². The molecule has 0 unspecified atom stereocenters. The van der Waals surface area contributed by atoms with Gasteiger partial charge in [0.05, 0.1) is 19.9 Å². The number of para-hydroxylation sites is 1. The number of piperidine rings is 1. The summed E-state index contributed by atoms with van der Waals surface area (Å²) in [6.07, 6.45) is 4.86. The van der Waals surface area contributed by atoms with Crippen LogP contribution in [-0.2, 0) is 11.8 Å². The van der Waals surface area contributed by atoms with Crippen LogP contribution in [0.5, 0.6) is 11.5 Å². The lowest BCUT2D eigenvalue weighted by Crippen LogP contribution is -2.37. The monoisotopic (exact) mass is 448 g/mol. The van der Waals surface area contributed by atoms with Gasteiger partial charge in [-0.15, -0.1) is 0 Å². The van der Waals surface area contributed by atoms with Gasteiger partial charge in [0, 0.05) is 32.1 Å². The molecule has 172 valence electrons. The van der Waals surface area contributed by atoms with Gasteiger partial charge in [0.15, 0.2) is 11.5 Å². The Balaban J connectivity index is 1.44. The summed E-state index contributed by atoms with van der Waals surface area (Å²) >= 11 is 0. The molecule has 1 fully saturated rings. The number of ether oxygens (including phenoxy) is 2. The van der Waals surface area contributed by atoms with Crippen molar-refractivity contribution in [3.63, 3.8) is 0 Å². The van der Waals surface area contributed by atoms with Crippen LogP contribution >= 0.6 is 0 Å². The molecule has 3 aromatic rings. The van der Waals surface area contributed by atoms with Crippen molar-refractivity contribution in [3.05, 3.63) is 76.5 Å². The first kappa shape index (κ1) is 22.4. The molecule has 2 heterocycles. The molecule has 0 aliphatic carbocycles. The molecule has 33 heavy (non-hydrogen) atoms. The van der Waals surface area contributed by atoms with Crippen LogP contribution in [0.2, 0.25) is 0 Å². The molecule has 1 aromatic heterocycles. The maximum absolute atomic E-state index is 12.7. The number of hydrogen-bond donors (Lipinski definition) is 0. The first-order valence-electron chi connectivity index (χ1n) is 10.9. The molecule has 8 nitrogen and oxygen atoms in total.